The molecule has 4 aliphatic rings. The summed E-state index contributed by atoms with van der Waals surface area (Å²) in [6.07, 6.45) is 9.37. The second-order valence-electron chi connectivity index (χ2n) is 12.2. The van der Waals surface area contributed by atoms with Crippen LogP contribution < -0.4 is 0 Å². The lowest BCUT2D eigenvalue weighted by Gasteiger charge is -2.59. The number of hydrogen-bond donors (Lipinski definition) is 2. The van der Waals surface area contributed by atoms with E-state index in [2.05, 4.69) is 48.7 Å². The molecule has 2 aromatic rings. The number of rotatable bonds is 4. The van der Waals surface area contributed by atoms with Gasteiger partial charge in [-0.3, -0.25) is 9.59 Å². The van der Waals surface area contributed by atoms with Gasteiger partial charge in [-0.1, -0.05) is 32.4 Å². The molecule has 7 nitrogen and oxygen atoms in total. The number of carbonyl (C=O) groups is 2. The Kier molecular flexibility index (Phi) is 6.01. The van der Waals surface area contributed by atoms with Crippen LogP contribution in [0.4, 0.5) is 4.39 Å². The van der Waals surface area contributed by atoms with Gasteiger partial charge in [0.2, 0.25) is 11.1 Å². The van der Waals surface area contributed by atoms with Crippen LogP contribution in [0.1, 0.15) is 64.6 Å². The fraction of sp³-hybridized carbons (Fsp3) is 0.533. The van der Waals surface area contributed by atoms with E-state index in [1.807, 2.05) is 13.1 Å². The van der Waals surface area contributed by atoms with Gasteiger partial charge >= 0.3 is 5.97 Å². The molecule has 0 aromatic carbocycles. The highest BCUT2D eigenvalue weighted by molar-refractivity contribution is 7.96. The first kappa shape index (κ1) is 26.4. The van der Waals surface area contributed by atoms with Crippen molar-refractivity contribution >= 4 is 29.8 Å². The van der Waals surface area contributed by atoms with E-state index >= 15 is 0 Å². The molecule has 0 saturated heterocycles. The van der Waals surface area contributed by atoms with E-state index in [1.54, 1.807) is 17.7 Å². The maximum absolute atomic E-state index is 13.4. The van der Waals surface area contributed by atoms with Crippen LogP contribution in [0.5, 0.6) is 0 Å². The van der Waals surface area contributed by atoms with E-state index < -0.39 is 34.2 Å². The number of halogens is 1. The fourth-order valence-corrected chi connectivity index (χ4v) is 8.99. The number of fused-ring (bicyclic) bond motifs is 6. The third kappa shape index (κ3) is 3.58. The van der Waals surface area contributed by atoms with Crippen LogP contribution in [0.15, 0.2) is 41.7 Å². The molecule has 0 radical (unpaired) electrons. The number of carbonyl (C=O) groups excluding carboxylic acids is 2. The first-order valence-electron chi connectivity index (χ1n) is 13.7. The Morgan fingerprint density at radius 2 is 2.05 bits per heavy atom. The number of allylic oxidation sites excluding steroid dienone is 3. The molecule has 2 fully saturated rings. The summed E-state index contributed by atoms with van der Waals surface area (Å²) in [5.41, 5.74) is 2.53. The van der Waals surface area contributed by atoms with Gasteiger partial charge in [0.15, 0.2) is 5.60 Å². The number of esters is 1. The van der Waals surface area contributed by atoms with Crippen LogP contribution in [0.25, 0.3) is 11.8 Å². The molecule has 0 bridgehead atoms. The zero-order valence-electron chi connectivity index (χ0n) is 22.6. The fourth-order valence-electron chi connectivity index (χ4n) is 8.58. The molecular weight excluding hydrogens is 517 g/mol. The lowest BCUT2D eigenvalue weighted by Crippen LogP contribution is -2.62. The Bertz CT molecular complexity index is 1430. The lowest BCUT2D eigenvalue weighted by atomic mass is 9.46. The lowest BCUT2D eigenvalue weighted by molar-refractivity contribution is -0.191. The van der Waals surface area contributed by atoms with Crippen LogP contribution >= 0.6 is 12.6 Å². The van der Waals surface area contributed by atoms with Crippen molar-refractivity contribution in [2.24, 2.45) is 28.6 Å². The molecule has 0 aliphatic heterocycles. The van der Waals surface area contributed by atoms with Crippen LogP contribution in [0.2, 0.25) is 0 Å². The number of aromatic nitrogens is 3. The number of ether oxygens (including phenoxy) is 1. The van der Waals surface area contributed by atoms with Crippen LogP contribution in [-0.4, -0.2) is 42.7 Å². The molecule has 0 amide bonds. The maximum Gasteiger partial charge on any atom is 0.306 e. The Labute approximate surface area is 232 Å². The highest BCUT2D eigenvalue weighted by Gasteiger charge is 2.70. The number of nitrogens with zero attached hydrogens (tertiary/aromatic N) is 3. The summed E-state index contributed by atoms with van der Waals surface area (Å²) >= 11 is 4.23. The summed E-state index contributed by atoms with van der Waals surface area (Å²) < 4.78 is 21.2. The first-order chi connectivity index (χ1) is 18.4. The molecular formula is C30H34FN3O4S. The van der Waals surface area contributed by atoms with Gasteiger partial charge < -0.3 is 9.84 Å². The smallest absolute Gasteiger partial charge is 0.306 e. The first-order valence-corrected chi connectivity index (χ1v) is 14.1. The van der Waals surface area contributed by atoms with Crippen molar-refractivity contribution in [2.45, 2.75) is 71.5 Å². The number of aliphatic hydroxyl groups is 1. The molecule has 6 rings (SSSR count). The quantitative estimate of drug-likeness (QED) is 0.320. The van der Waals surface area contributed by atoms with E-state index in [9.17, 15) is 19.1 Å². The average Bonchev–Trinajstić information content (AvgIpc) is 3.41. The van der Waals surface area contributed by atoms with Crippen molar-refractivity contribution in [2.75, 3.05) is 0 Å². The van der Waals surface area contributed by atoms with Gasteiger partial charge in [0.25, 0.3) is 0 Å². The largest absolute Gasteiger partial charge is 0.449 e. The molecule has 0 spiro atoms. The van der Waals surface area contributed by atoms with Gasteiger partial charge in [-0.15, -0.1) is 12.6 Å². The summed E-state index contributed by atoms with van der Waals surface area (Å²) in [6.45, 7) is 8.04. The second-order valence-corrected chi connectivity index (χ2v) is 12.6. The number of aliphatic hydroxyl groups excluding tert-OH is 1. The van der Waals surface area contributed by atoms with Crippen molar-refractivity contribution in [3.8, 4) is 5.69 Å². The van der Waals surface area contributed by atoms with Crippen LogP contribution in [0, 0.1) is 34.5 Å². The SMILES string of the molecule is CCC(=O)O[C@]1(C(=O)S)CC[C@H]2[C@@H]3C=C(C)C4=Cc5c(cnn5-c5ccc(F)nc5)C[C@]4(C)[C@H]3[C@@H](O)C[C@@]21C. The summed E-state index contributed by atoms with van der Waals surface area (Å²) in [5, 5.41) is 16.0. The van der Waals surface area contributed by atoms with Gasteiger partial charge in [-0.05, 0) is 73.8 Å². The molecule has 7 atom stereocenters. The third-order valence-electron chi connectivity index (χ3n) is 10.3. The van der Waals surface area contributed by atoms with Crippen molar-refractivity contribution in [3.63, 3.8) is 0 Å². The van der Waals surface area contributed by atoms with Crippen molar-refractivity contribution in [1.82, 2.24) is 14.8 Å². The van der Waals surface area contributed by atoms with Gasteiger partial charge in [-0.2, -0.15) is 9.49 Å². The van der Waals surface area contributed by atoms with Crippen molar-refractivity contribution < 1.29 is 23.8 Å². The minimum absolute atomic E-state index is 0.00804. The minimum atomic E-state index is -1.34. The number of pyridine rings is 1. The monoisotopic (exact) mass is 551 g/mol. The predicted octanol–water partition coefficient (Wildman–Crippen LogP) is 4.87. The number of hydrogen-bond acceptors (Lipinski definition) is 6. The van der Waals surface area contributed by atoms with E-state index in [-0.39, 0.29) is 29.6 Å². The molecule has 206 valence electrons. The summed E-state index contributed by atoms with van der Waals surface area (Å²) in [6, 6.07) is 2.98. The van der Waals surface area contributed by atoms with Crippen LogP contribution in [0.3, 0.4) is 0 Å². The molecule has 39 heavy (non-hydrogen) atoms. The minimum Gasteiger partial charge on any atom is -0.449 e. The predicted molar refractivity (Wildman–Crippen MR) is 146 cm³/mol. The van der Waals surface area contributed by atoms with E-state index in [0.29, 0.717) is 31.4 Å². The molecule has 2 heterocycles. The highest BCUT2D eigenvalue weighted by atomic mass is 32.1. The van der Waals surface area contributed by atoms with E-state index in [0.717, 1.165) is 22.4 Å². The Morgan fingerprint density at radius 1 is 1.28 bits per heavy atom. The highest BCUT2D eigenvalue weighted by Crippen LogP contribution is 2.68. The average molecular weight is 552 g/mol. The Morgan fingerprint density at radius 3 is 2.72 bits per heavy atom. The molecule has 2 saturated carbocycles. The summed E-state index contributed by atoms with van der Waals surface area (Å²) in [7, 11) is 0. The molecule has 2 aromatic heterocycles. The molecule has 9 heteroatoms. The Balaban J connectivity index is 1.43. The Hall–Kier alpha value is -2.78. The van der Waals surface area contributed by atoms with Crippen LogP contribution in [-0.2, 0) is 20.7 Å². The van der Waals surface area contributed by atoms with Gasteiger partial charge in [0.1, 0.15) is 0 Å². The third-order valence-corrected chi connectivity index (χ3v) is 10.7. The number of thiol groups is 1. The topological polar surface area (TPSA) is 94.3 Å². The summed E-state index contributed by atoms with van der Waals surface area (Å²) in [4.78, 5) is 29.3. The van der Waals surface area contributed by atoms with Crippen molar-refractivity contribution in [3.05, 3.63) is 59.0 Å². The van der Waals surface area contributed by atoms with Gasteiger partial charge in [0.05, 0.1) is 29.9 Å². The van der Waals surface area contributed by atoms with E-state index in [4.69, 9.17) is 4.74 Å². The van der Waals surface area contributed by atoms with Gasteiger partial charge in [-0.25, -0.2) is 9.67 Å². The second kappa shape index (κ2) is 8.86. The zero-order chi connectivity index (χ0) is 27.9. The van der Waals surface area contributed by atoms with E-state index in [1.165, 1.54) is 12.3 Å². The normalized spacial score (nSPS) is 36.6. The molecule has 4 aliphatic carbocycles. The van der Waals surface area contributed by atoms with Gasteiger partial charge in [0, 0.05) is 23.2 Å². The standard InChI is InChI=1S/C30H34FN3O4S/c1-5-25(36)38-30(27(37)39)9-8-20-19-10-16(2)21-11-22-17(14-33-34(22)18-6-7-24(31)32-15-18)12-28(21,3)26(19)23(35)13-29(20,30)4/h6-7,10-11,14-15,19-20,23,26,35H,5,8-9,12-13H2,1-4H3,(H,37,39)/t19-,20-,23-,26+,28-,29-,30-/m0/s1. The molecule has 1 N–H and O–H groups in total. The molecule has 0 unspecified atom stereocenters. The zero-order valence-corrected chi connectivity index (χ0v) is 23.5. The summed E-state index contributed by atoms with van der Waals surface area (Å²) in [5.74, 6) is -0.983. The maximum atomic E-state index is 13.4. The van der Waals surface area contributed by atoms with Crippen molar-refractivity contribution in [1.29, 1.82) is 0 Å².